The molecule has 0 aromatic heterocycles. The number of allylic oxidation sites excluding steroid dienone is 4. The number of esters is 4. The van der Waals surface area contributed by atoms with Gasteiger partial charge in [0.25, 0.3) is 0 Å². The Hall–Kier alpha value is -2.72. The number of unbranched alkanes of at least 4 members (excludes halogenated alkanes) is 4. The predicted octanol–water partition coefficient (Wildman–Crippen LogP) is 4.74. The van der Waals surface area contributed by atoms with Crippen molar-refractivity contribution in [3.05, 3.63) is 24.3 Å². The zero-order chi connectivity index (χ0) is 30.6. The van der Waals surface area contributed by atoms with Gasteiger partial charge in [0.1, 0.15) is 13.2 Å². The zero-order valence-electron chi connectivity index (χ0n) is 25.1. The smallest absolute Gasteiger partial charge is 0.305 e. The van der Waals surface area contributed by atoms with E-state index in [0.717, 1.165) is 51.4 Å². The highest BCUT2D eigenvalue weighted by Crippen LogP contribution is 2.18. The van der Waals surface area contributed by atoms with Gasteiger partial charge in [-0.15, -0.1) is 0 Å². The Bertz CT molecular complexity index is 711. The van der Waals surface area contributed by atoms with Gasteiger partial charge in [0, 0.05) is 25.7 Å². The van der Waals surface area contributed by atoms with Gasteiger partial charge in [0.2, 0.25) is 0 Å². The maximum absolute atomic E-state index is 12.1. The minimum atomic E-state index is -1.36. The summed E-state index contributed by atoms with van der Waals surface area (Å²) in [6.45, 7) is 2.97. The number of ether oxygens (including phenoxy) is 4. The number of hydrogen-bond acceptors (Lipinski definition) is 10. The van der Waals surface area contributed by atoms with E-state index in [9.17, 15) is 29.4 Å². The summed E-state index contributed by atoms with van der Waals surface area (Å²) >= 11 is 0. The van der Waals surface area contributed by atoms with Gasteiger partial charge >= 0.3 is 23.9 Å². The van der Waals surface area contributed by atoms with E-state index >= 15 is 0 Å². The fourth-order valence-electron chi connectivity index (χ4n) is 3.45. The lowest BCUT2D eigenvalue weighted by molar-refractivity contribution is -0.159. The molecule has 0 rings (SSSR count). The van der Waals surface area contributed by atoms with Gasteiger partial charge in [-0.25, -0.2) is 0 Å². The Balaban J connectivity index is 4.10. The lowest BCUT2D eigenvalue weighted by Gasteiger charge is -2.28. The molecule has 0 amide bonds. The normalized spacial score (nSPS) is 11.6. The molecule has 236 valence electrons. The van der Waals surface area contributed by atoms with Crippen LogP contribution in [0.4, 0.5) is 0 Å². The SMILES string of the molecule is CC/C=C\CCCCOC(=O)CCCC(=O)OCC(CO)(CO)COC(=O)CCCC(=O)OCCCC/C=C\CC. The van der Waals surface area contributed by atoms with E-state index in [1.807, 2.05) is 0 Å². The summed E-state index contributed by atoms with van der Waals surface area (Å²) in [4.78, 5) is 47.8. The minimum Gasteiger partial charge on any atom is -0.466 e. The molecule has 0 aliphatic rings. The second-order valence-corrected chi connectivity index (χ2v) is 10.0. The topological polar surface area (TPSA) is 146 Å². The van der Waals surface area contributed by atoms with E-state index in [1.165, 1.54) is 0 Å². The molecule has 2 N–H and O–H groups in total. The van der Waals surface area contributed by atoms with E-state index in [-0.39, 0.29) is 63.7 Å². The molecule has 0 heterocycles. The maximum atomic E-state index is 12.1. The fourth-order valence-corrected chi connectivity index (χ4v) is 3.45. The van der Waals surface area contributed by atoms with Crippen molar-refractivity contribution in [3.8, 4) is 0 Å². The van der Waals surface area contributed by atoms with Gasteiger partial charge < -0.3 is 29.2 Å². The number of hydrogen-bond donors (Lipinski definition) is 2. The summed E-state index contributed by atoms with van der Waals surface area (Å²) in [5.41, 5.74) is -1.36. The average molecular weight is 585 g/mol. The highest BCUT2D eigenvalue weighted by Gasteiger charge is 2.33. The molecule has 10 nitrogen and oxygen atoms in total. The minimum absolute atomic E-state index is 0.0321. The first-order valence-electron chi connectivity index (χ1n) is 15.0. The number of rotatable bonds is 26. The summed E-state index contributed by atoms with van der Waals surface area (Å²) in [5.74, 6) is -1.96. The lowest BCUT2D eigenvalue weighted by Crippen LogP contribution is -2.41. The van der Waals surface area contributed by atoms with E-state index in [1.54, 1.807) is 0 Å². The number of carbonyl (C=O) groups is 4. The van der Waals surface area contributed by atoms with Crippen LogP contribution in [-0.4, -0.2) is 73.7 Å². The second-order valence-electron chi connectivity index (χ2n) is 10.0. The summed E-state index contributed by atoms with van der Waals surface area (Å²) in [6.07, 6.45) is 16.4. The standard InChI is InChI=1S/C31H52O10/c1-3-5-7-9-11-13-21-38-27(34)17-15-19-29(36)40-25-31(23-32,24-33)26-41-30(37)20-16-18-28(35)39-22-14-12-10-8-6-4-2/h5-8,32-33H,3-4,9-26H2,1-2H3/b7-5-,8-6-. The van der Waals surface area contributed by atoms with Crippen LogP contribution >= 0.6 is 0 Å². The van der Waals surface area contributed by atoms with Crippen molar-refractivity contribution in [1.82, 2.24) is 0 Å². The number of aliphatic hydroxyl groups excluding tert-OH is 2. The van der Waals surface area contributed by atoms with Crippen molar-refractivity contribution in [2.45, 2.75) is 104 Å². The first-order valence-corrected chi connectivity index (χ1v) is 15.0. The van der Waals surface area contributed by atoms with Crippen molar-refractivity contribution < 1.29 is 48.3 Å². The van der Waals surface area contributed by atoms with Gasteiger partial charge in [0.05, 0.1) is 31.8 Å². The summed E-state index contributed by atoms with van der Waals surface area (Å²) < 4.78 is 20.6. The van der Waals surface area contributed by atoms with Crippen LogP contribution in [0.3, 0.4) is 0 Å². The highest BCUT2D eigenvalue weighted by molar-refractivity contribution is 5.73. The molecule has 10 heteroatoms. The third-order valence-electron chi connectivity index (χ3n) is 6.13. The molecule has 0 saturated heterocycles. The second kappa shape index (κ2) is 26.2. The Kier molecular flexibility index (Phi) is 24.5. The van der Waals surface area contributed by atoms with Crippen LogP contribution < -0.4 is 0 Å². The molecule has 0 saturated carbocycles. The van der Waals surface area contributed by atoms with Crippen molar-refractivity contribution in [2.24, 2.45) is 5.41 Å². The summed E-state index contributed by atoms with van der Waals surface area (Å²) in [5, 5.41) is 19.5. The third kappa shape index (κ3) is 22.6. The maximum Gasteiger partial charge on any atom is 0.305 e. The lowest BCUT2D eigenvalue weighted by atomic mass is 9.92. The summed E-state index contributed by atoms with van der Waals surface area (Å²) in [6, 6.07) is 0. The molecule has 0 atom stereocenters. The molecule has 0 spiro atoms. The molecule has 0 aromatic rings. The Morgan fingerprint density at radius 2 is 0.902 bits per heavy atom. The number of aliphatic hydroxyl groups is 2. The fraction of sp³-hybridized carbons (Fsp3) is 0.742. The quantitative estimate of drug-likeness (QED) is 0.0632. The Morgan fingerprint density at radius 3 is 1.24 bits per heavy atom. The number of carbonyl (C=O) groups excluding carboxylic acids is 4. The van der Waals surface area contributed by atoms with E-state index in [4.69, 9.17) is 18.9 Å². The predicted molar refractivity (Wildman–Crippen MR) is 155 cm³/mol. The molecule has 41 heavy (non-hydrogen) atoms. The molecule has 0 fully saturated rings. The zero-order valence-corrected chi connectivity index (χ0v) is 25.1. The van der Waals surface area contributed by atoms with Gasteiger partial charge in [-0.3, -0.25) is 19.2 Å². The van der Waals surface area contributed by atoms with Crippen LogP contribution in [-0.2, 0) is 38.1 Å². The van der Waals surface area contributed by atoms with Crippen LogP contribution in [0.5, 0.6) is 0 Å². The molecular formula is C31H52O10. The Labute approximate surface area is 245 Å². The van der Waals surface area contributed by atoms with Crippen molar-refractivity contribution in [3.63, 3.8) is 0 Å². The van der Waals surface area contributed by atoms with Crippen LogP contribution in [0.15, 0.2) is 24.3 Å². The van der Waals surface area contributed by atoms with E-state index in [0.29, 0.717) is 13.2 Å². The van der Waals surface area contributed by atoms with E-state index < -0.39 is 30.6 Å². The molecule has 0 aliphatic heterocycles. The average Bonchev–Trinajstić information content (AvgIpc) is 2.96. The first kappa shape index (κ1) is 38.3. The van der Waals surface area contributed by atoms with Gasteiger partial charge in [0.15, 0.2) is 0 Å². The largest absolute Gasteiger partial charge is 0.466 e. The molecular weight excluding hydrogens is 532 g/mol. The van der Waals surface area contributed by atoms with Crippen molar-refractivity contribution in [1.29, 1.82) is 0 Å². The Morgan fingerprint density at radius 1 is 0.537 bits per heavy atom. The van der Waals surface area contributed by atoms with Gasteiger partial charge in [-0.2, -0.15) is 0 Å². The molecule has 0 bridgehead atoms. The van der Waals surface area contributed by atoms with Crippen molar-refractivity contribution in [2.75, 3.05) is 39.6 Å². The van der Waals surface area contributed by atoms with Crippen LogP contribution in [0.2, 0.25) is 0 Å². The molecule has 0 radical (unpaired) electrons. The molecule has 0 aliphatic carbocycles. The van der Waals surface area contributed by atoms with Crippen molar-refractivity contribution >= 4 is 23.9 Å². The summed E-state index contributed by atoms with van der Waals surface area (Å²) in [7, 11) is 0. The highest BCUT2D eigenvalue weighted by atomic mass is 16.6. The van der Waals surface area contributed by atoms with Crippen LogP contribution in [0, 0.1) is 5.41 Å². The molecule has 0 unspecified atom stereocenters. The third-order valence-corrected chi connectivity index (χ3v) is 6.13. The monoisotopic (exact) mass is 584 g/mol. The molecule has 0 aromatic carbocycles. The van der Waals surface area contributed by atoms with Crippen LogP contribution in [0.1, 0.15) is 104 Å². The van der Waals surface area contributed by atoms with E-state index in [2.05, 4.69) is 38.2 Å². The first-order chi connectivity index (χ1) is 19.8. The van der Waals surface area contributed by atoms with Gasteiger partial charge in [-0.05, 0) is 64.2 Å². The van der Waals surface area contributed by atoms with Gasteiger partial charge in [-0.1, -0.05) is 38.2 Å². The van der Waals surface area contributed by atoms with Crippen LogP contribution in [0.25, 0.3) is 0 Å².